The predicted molar refractivity (Wildman–Crippen MR) is 78.1 cm³/mol. The van der Waals surface area contributed by atoms with E-state index in [1.165, 1.54) is 5.56 Å². The van der Waals surface area contributed by atoms with Gasteiger partial charge in [0.05, 0.1) is 6.04 Å². The van der Waals surface area contributed by atoms with Gasteiger partial charge in [-0.1, -0.05) is 30.3 Å². The number of hydrogen-bond acceptors (Lipinski definition) is 2. The van der Waals surface area contributed by atoms with Gasteiger partial charge in [-0.25, -0.2) is 9.97 Å². The summed E-state index contributed by atoms with van der Waals surface area (Å²) >= 11 is 3.45. The Bertz CT molecular complexity index is 749. The van der Waals surface area contributed by atoms with Gasteiger partial charge >= 0.3 is 0 Å². The van der Waals surface area contributed by atoms with E-state index in [4.69, 9.17) is 0 Å². The van der Waals surface area contributed by atoms with Crippen molar-refractivity contribution in [2.75, 3.05) is 0 Å². The van der Waals surface area contributed by atoms with Crippen LogP contribution >= 0.6 is 15.9 Å². The molecule has 0 N–H and O–H groups in total. The van der Waals surface area contributed by atoms with Crippen molar-refractivity contribution in [1.29, 1.82) is 0 Å². The van der Waals surface area contributed by atoms with Crippen LogP contribution in [0.3, 0.4) is 0 Å². The number of pyridine rings is 1. The Hall–Kier alpha value is -1.68. The summed E-state index contributed by atoms with van der Waals surface area (Å²) in [6.45, 7) is 0. The van der Waals surface area contributed by atoms with E-state index < -0.39 is 0 Å². The summed E-state index contributed by atoms with van der Waals surface area (Å²) in [5, 5.41) is 0. The fraction of sp³-hybridized carbons (Fsp3) is 0.200. The number of rotatable bonds is 1. The quantitative estimate of drug-likeness (QED) is 0.641. The molecule has 0 radical (unpaired) electrons. The highest BCUT2D eigenvalue weighted by molar-refractivity contribution is 9.10. The molecular formula is C15H12BrN3. The largest absolute Gasteiger partial charge is 0.305 e. The highest BCUT2D eigenvalue weighted by Crippen LogP contribution is 2.34. The molecule has 94 valence electrons. The van der Waals surface area contributed by atoms with Crippen LogP contribution in [0.4, 0.5) is 0 Å². The second kappa shape index (κ2) is 4.17. The van der Waals surface area contributed by atoms with Crippen LogP contribution in [0.5, 0.6) is 0 Å². The first-order valence-electron chi connectivity index (χ1n) is 6.41. The summed E-state index contributed by atoms with van der Waals surface area (Å²) < 4.78 is 3.15. The van der Waals surface area contributed by atoms with Gasteiger partial charge in [-0.2, -0.15) is 0 Å². The first-order chi connectivity index (χ1) is 9.33. The lowest BCUT2D eigenvalue weighted by molar-refractivity contribution is 0.632. The Kier molecular flexibility index (Phi) is 2.45. The van der Waals surface area contributed by atoms with Gasteiger partial charge in [-0.05, 0) is 40.0 Å². The van der Waals surface area contributed by atoms with Crippen LogP contribution in [0.25, 0.3) is 11.2 Å². The zero-order valence-corrected chi connectivity index (χ0v) is 11.8. The second-order valence-electron chi connectivity index (χ2n) is 4.84. The molecule has 1 aliphatic heterocycles. The molecule has 19 heavy (non-hydrogen) atoms. The molecule has 0 spiro atoms. The number of aromatic nitrogens is 3. The minimum Gasteiger partial charge on any atom is -0.305 e. The van der Waals surface area contributed by atoms with Crippen molar-refractivity contribution in [3.05, 3.63) is 58.5 Å². The summed E-state index contributed by atoms with van der Waals surface area (Å²) in [5.41, 5.74) is 3.30. The van der Waals surface area contributed by atoms with Crippen LogP contribution in [-0.4, -0.2) is 14.5 Å². The summed E-state index contributed by atoms with van der Waals surface area (Å²) in [4.78, 5) is 9.29. The average molecular weight is 314 g/mol. The number of fused-ring (bicyclic) bond motifs is 3. The Labute approximate surface area is 119 Å². The molecule has 0 fully saturated rings. The van der Waals surface area contributed by atoms with Crippen LogP contribution in [0.2, 0.25) is 0 Å². The van der Waals surface area contributed by atoms with Crippen LogP contribution in [0.1, 0.15) is 23.9 Å². The van der Waals surface area contributed by atoms with Gasteiger partial charge in [0.2, 0.25) is 0 Å². The zero-order chi connectivity index (χ0) is 12.8. The van der Waals surface area contributed by atoms with E-state index in [1.807, 2.05) is 12.1 Å². The molecule has 0 aliphatic carbocycles. The molecule has 2 aromatic heterocycles. The van der Waals surface area contributed by atoms with E-state index in [9.17, 15) is 0 Å². The molecule has 0 bridgehead atoms. The smallest absolute Gasteiger partial charge is 0.161 e. The minimum absolute atomic E-state index is 0.364. The normalized spacial score (nSPS) is 17.8. The third-order valence-corrected chi connectivity index (χ3v) is 4.16. The fourth-order valence-electron chi connectivity index (χ4n) is 2.89. The van der Waals surface area contributed by atoms with Gasteiger partial charge in [0.15, 0.2) is 5.65 Å². The van der Waals surface area contributed by atoms with Gasteiger partial charge in [0, 0.05) is 6.42 Å². The molecule has 3 heterocycles. The number of halogens is 1. The highest BCUT2D eigenvalue weighted by atomic mass is 79.9. The van der Waals surface area contributed by atoms with Crippen molar-refractivity contribution < 1.29 is 0 Å². The van der Waals surface area contributed by atoms with Crippen LogP contribution < -0.4 is 0 Å². The number of hydrogen-bond donors (Lipinski definition) is 0. The van der Waals surface area contributed by atoms with E-state index in [0.29, 0.717) is 6.04 Å². The first kappa shape index (κ1) is 11.2. The molecule has 4 rings (SSSR count). The molecule has 1 aromatic carbocycles. The summed E-state index contributed by atoms with van der Waals surface area (Å²) in [5.74, 6) is 1.15. The summed E-state index contributed by atoms with van der Waals surface area (Å²) in [6, 6.07) is 14.9. The number of benzene rings is 1. The molecule has 0 saturated carbocycles. The fourth-order valence-corrected chi connectivity index (χ4v) is 3.19. The van der Waals surface area contributed by atoms with Crippen molar-refractivity contribution in [3.8, 4) is 0 Å². The van der Waals surface area contributed by atoms with Crippen molar-refractivity contribution in [1.82, 2.24) is 14.5 Å². The molecular weight excluding hydrogens is 302 g/mol. The Morgan fingerprint density at radius 3 is 2.74 bits per heavy atom. The number of nitrogens with zero attached hydrogens (tertiary/aromatic N) is 3. The van der Waals surface area contributed by atoms with Gasteiger partial charge in [0.25, 0.3) is 0 Å². The molecule has 4 heteroatoms. The predicted octanol–water partition coefficient (Wildman–Crippen LogP) is 3.73. The Balaban J connectivity index is 1.94. The molecule has 1 aliphatic rings. The van der Waals surface area contributed by atoms with Crippen molar-refractivity contribution in [3.63, 3.8) is 0 Å². The molecule has 0 amide bonds. The van der Waals surface area contributed by atoms with E-state index in [0.717, 1.165) is 34.4 Å². The maximum Gasteiger partial charge on any atom is 0.161 e. The third kappa shape index (κ3) is 1.70. The molecule has 3 aromatic rings. The van der Waals surface area contributed by atoms with E-state index in [-0.39, 0.29) is 0 Å². The molecule has 1 atom stereocenters. The van der Waals surface area contributed by atoms with E-state index >= 15 is 0 Å². The van der Waals surface area contributed by atoms with Gasteiger partial charge in [-0.3, -0.25) is 0 Å². The summed E-state index contributed by atoms with van der Waals surface area (Å²) in [7, 11) is 0. The van der Waals surface area contributed by atoms with E-state index in [2.05, 4.69) is 60.8 Å². The minimum atomic E-state index is 0.364. The molecule has 0 saturated heterocycles. The van der Waals surface area contributed by atoms with Crippen molar-refractivity contribution in [2.24, 2.45) is 0 Å². The first-order valence-corrected chi connectivity index (χ1v) is 7.20. The van der Waals surface area contributed by atoms with Crippen LogP contribution in [0, 0.1) is 0 Å². The summed E-state index contributed by atoms with van der Waals surface area (Å²) in [6.07, 6.45) is 2.13. The van der Waals surface area contributed by atoms with E-state index in [1.54, 1.807) is 0 Å². The van der Waals surface area contributed by atoms with Crippen LogP contribution in [0.15, 0.2) is 47.1 Å². The Morgan fingerprint density at radius 2 is 1.89 bits per heavy atom. The SMILES string of the molecule is Brc1ccc2nc3n(c2n1)[C@@H](c1ccccc1)CC3. The second-order valence-corrected chi connectivity index (χ2v) is 5.65. The zero-order valence-electron chi connectivity index (χ0n) is 10.3. The third-order valence-electron chi connectivity index (χ3n) is 3.71. The standard InChI is InChI=1S/C15H12BrN3/c16-13-8-6-11-15(18-13)19-12(7-9-14(19)17-11)10-4-2-1-3-5-10/h1-6,8,12H,7,9H2/t12-/m1/s1. The van der Waals surface area contributed by atoms with Gasteiger partial charge in [0.1, 0.15) is 15.9 Å². The number of imidazole rings is 1. The van der Waals surface area contributed by atoms with Crippen molar-refractivity contribution in [2.45, 2.75) is 18.9 Å². The lowest BCUT2D eigenvalue weighted by atomic mass is 10.0. The molecule has 0 unspecified atom stereocenters. The maximum atomic E-state index is 4.69. The average Bonchev–Trinajstić information content (AvgIpc) is 2.99. The van der Waals surface area contributed by atoms with Gasteiger partial charge in [-0.15, -0.1) is 0 Å². The topological polar surface area (TPSA) is 30.7 Å². The molecule has 3 nitrogen and oxygen atoms in total. The van der Waals surface area contributed by atoms with Crippen LogP contribution in [-0.2, 0) is 6.42 Å². The monoisotopic (exact) mass is 313 g/mol. The maximum absolute atomic E-state index is 4.69. The lowest BCUT2D eigenvalue weighted by Gasteiger charge is -2.14. The lowest BCUT2D eigenvalue weighted by Crippen LogP contribution is -2.06. The van der Waals surface area contributed by atoms with Crippen molar-refractivity contribution >= 4 is 27.1 Å². The highest BCUT2D eigenvalue weighted by Gasteiger charge is 2.27. The van der Waals surface area contributed by atoms with Gasteiger partial charge < -0.3 is 4.57 Å². The number of aryl methyl sites for hydroxylation is 1. The Morgan fingerprint density at radius 1 is 1.05 bits per heavy atom.